The molecule has 35 heavy (non-hydrogen) atoms. The van der Waals surface area contributed by atoms with Gasteiger partial charge in [0.2, 0.25) is 0 Å². The van der Waals surface area contributed by atoms with Gasteiger partial charge < -0.3 is 4.90 Å². The fraction of sp³-hybridized carbons (Fsp3) is 0.719. The topological polar surface area (TPSA) is 16.1 Å². The molecule has 1 heterocycles. The lowest BCUT2D eigenvalue weighted by atomic mass is 10.1. The van der Waals surface area contributed by atoms with Gasteiger partial charge in [0.15, 0.2) is 5.13 Å². The molecule has 0 saturated heterocycles. The molecule has 0 radical (unpaired) electrons. The first-order chi connectivity index (χ1) is 17.2. The van der Waals surface area contributed by atoms with E-state index in [0.29, 0.717) is 0 Å². The van der Waals surface area contributed by atoms with Crippen molar-refractivity contribution in [2.45, 2.75) is 136 Å². The number of anilines is 1. The summed E-state index contributed by atoms with van der Waals surface area (Å²) in [4.78, 5) is 7.66. The van der Waals surface area contributed by atoms with Crippen LogP contribution in [0.25, 0.3) is 11.3 Å². The molecule has 0 aliphatic rings. The first-order valence-corrected chi connectivity index (χ1v) is 15.9. The lowest BCUT2D eigenvalue weighted by Gasteiger charge is -2.22. The second kappa shape index (κ2) is 19.8. The molecular formula is C32H54N2S. The zero-order chi connectivity index (χ0) is 25.0. The van der Waals surface area contributed by atoms with Crippen molar-refractivity contribution in [1.29, 1.82) is 0 Å². The molecule has 2 nitrogen and oxygen atoms in total. The summed E-state index contributed by atoms with van der Waals surface area (Å²) < 4.78 is 0. The maximum absolute atomic E-state index is 5.07. The van der Waals surface area contributed by atoms with Crippen molar-refractivity contribution >= 4 is 16.5 Å². The normalized spacial score (nSPS) is 11.3. The Balaban J connectivity index is 1.76. The van der Waals surface area contributed by atoms with E-state index < -0.39 is 0 Å². The maximum atomic E-state index is 5.07. The van der Waals surface area contributed by atoms with Crippen LogP contribution in [0, 0.1) is 6.92 Å². The number of nitrogens with zero attached hydrogens (tertiary/aromatic N) is 2. The molecule has 198 valence electrons. The predicted octanol–water partition coefficient (Wildman–Crippen LogP) is 11.0. The Morgan fingerprint density at radius 2 is 1.03 bits per heavy atom. The van der Waals surface area contributed by atoms with Crippen LogP contribution in [-0.4, -0.2) is 18.1 Å². The van der Waals surface area contributed by atoms with Gasteiger partial charge in [0, 0.05) is 24.0 Å². The molecule has 0 spiro atoms. The Bertz CT molecular complexity index is 714. The van der Waals surface area contributed by atoms with Gasteiger partial charge in [-0.3, -0.25) is 0 Å². The highest BCUT2D eigenvalue weighted by atomic mass is 32.1. The fourth-order valence-electron chi connectivity index (χ4n) is 4.80. The lowest BCUT2D eigenvalue weighted by molar-refractivity contribution is 0.548. The van der Waals surface area contributed by atoms with Crippen LogP contribution in [0.4, 0.5) is 5.13 Å². The summed E-state index contributed by atoms with van der Waals surface area (Å²) in [5.41, 5.74) is 3.68. The van der Waals surface area contributed by atoms with Crippen molar-refractivity contribution in [3.63, 3.8) is 0 Å². The average molecular weight is 499 g/mol. The van der Waals surface area contributed by atoms with Gasteiger partial charge in [-0.1, -0.05) is 146 Å². The van der Waals surface area contributed by atoms with E-state index in [1.165, 1.54) is 132 Å². The number of benzene rings is 1. The molecule has 0 unspecified atom stereocenters. The largest absolute Gasteiger partial charge is 0.348 e. The molecule has 3 heteroatoms. The van der Waals surface area contributed by atoms with Gasteiger partial charge in [-0.05, 0) is 19.8 Å². The highest BCUT2D eigenvalue weighted by Gasteiger charge is 2.12. The molecule has 1 aromatic heterocycles. The summed E-state index contributed by atoms with van der Waals surface area (Å²) in [6.45, 7) is 9.06. The first-order valence-electron chi connectivity index (χ1n) is 15.0. The van der Waals surface area contributed by atoms with Crippen LogP contribution >= 0.6 is 11.3 Å². The van der Waals surface area contributed by atoms with E-state index >= 15 is 0 Å². The van der Waals surface area contributed by atoms with Gasteiger partial charge in [-0.25, -0.2) is 4.98 Å². The summed E-state index contributed by atoms with van der Waals surface area (Å²) in [6.07, 6.45) is 25.0. The third-order valence-corrected chi connectivity index (χ3v) is 8.07. The van der Waals surface area contributed by atoms with Crippen molar-refractivity contribution in [1.82, 2.24) is 4.98 Å². The van der Waals surface area contributed by atoms with Gasteiger partial charge in [0.25, 0.3) is 0 Å². The number of unbranched alkanes of at least 4 members (excludes halogenated alkanes) is 16. The van der Waals surface area contributed by atoms with E-state index in [2.05, 4.69) is 55.3 Å². The Labute approximate surface area is 222 Å². The monoisotopic (exact) mass is 498 g/mol. The predicted molar refractivity (Wildman–Crippen MR) is 159 cm³/mol. The van der Waals surface area contributed by atoms with Gasteiger partial charge in [-0.2, -0.15) is 0 Å². The van der Waals surface area contributed by atoms with Gasteiger partial charge in [-0.15, -0.1) is 11.3 Å². The van der Waals surface area contributed by atoms with Crippen LogP contribution in [0.5, 0.6) is 0 Å². The Kier molecular flexibility index (Phi) is 16.9. The number of aryl methyl sites for hydroxylation is 1. The Morgan fingerprint density at radius 3 is 1.49 bits per heavy atom. The van der Waals surface area contributed by atoms with E-state index in [0.717, 1.165) is 18.8 Å². The lowest BCUT2D eigenvalue weighted by Crippen LogP contribution is -2.25. The summed E-state index contributed by atoms with van der Waals surface area (Å²) in [6, 6.07) is 8.80. The molecule has 0 fully saturated rings. The first kappa shape index (κ1) is 29.9. The molecule has 1 aromatic carbocycles. The quantitative estimate of drug-likeness (QED) is 0.150. The number of thiazole rings is 1. The summed E-state index contributed by atoms with van der Waals surface area (Å²) >= 11 is 1.83. The van der Waals surface area contributed by atoms with Crippen molar-refractivity contribution in [2.75, 3.05) is 18.0 Å². The van der Waals surface area contributed by atoms with E-state index in [-0.39, 0.29) is 0 Å². The second-order valence-electron chi connectivity index (χ2n) is 10.5. The standard InChI is InChI=1S/C32H54N2S/c1-4-6-8-10-12-14-16-18-20-26-34(27-21-19-17-15-13-11-9-7-5-2)32-33-31(28-35-32)30-24-22-29(3)23-25-30/h22-25,28H,4-21,26-27H2,1-3H3. The minimum Gasteiger partial charge on any atom is -0.348 e. The smallest absolute Gasteiger partial charge is 0.185 e. The zero-order valence-electron chi connectivity index (χ0n) is 23.3. The minimum atomic E-state index is 1.13. The molecule has 0 bridgehead atoms. The SMILES string of the molecule is CCCCCCCCCCCN(CCCCCCCCCCC)c1nc(-c2ccc(C)cc2)cs1. The highest BCUT2D eigenvalue weighted by molar-refractivity contribution is 7.14. The fourth-order valence-corrected chi connectivity index (χ4v) is 5.68. The summed E-state index contributed by atoms with van der Waals surface area (Å²) in [7, 11) is 0. The van der Waals surface area contributed by atoms with Gasteiger partial charge >= 0.3 is 0 Å². The van der Waals surface area contributed by atoms with Crippen LogP contribution in [0.3, 0.4) is 0 Å². The van der Waals surface area contributed by atoms with Crippen molar-refractivity contribution in [3.05, 3.63) is 35.2 Å². The van der Waals surface area contributed by atoms with Crippen molar-refractivity contribution in [2.24, 2.45) is 0 Å². The number of rotatable bonds is 22. The second-order valence-corrected chi connectivity index (χ2v) is 11.4. The van der Waals surface area contributed by atoms with Gasteiger partial charge in [0.1, 0.15) is 0 Å². The van der Waals surface area contributed by atoms with Crippen molar-refractivity contribution < 1.29 is 0 Å². The molecule has 0 N–H and O–H groups in total. The third-order valence-electron chi connectivity index (χ3n) is 7.17. The van der Waals surface area contributed by atoms with E-state index in [1.807, 2.05) is 11.3 Å². The third kappa shape index (κ3) is 13.5. The summed E-state index contributed by atoms with van der Waals surface area (Å²) in [5, 5.41) is 3.47. The van der Waals surface area contributed by atoms with Crippen LogP contribution < -0.4 is 4.90 Å². The molecule has 2 rings (SSSR count). The van der Waals surface area contributed by atoms with E-state index in [9.17, 15) is 0 Å². The van der Waals surface area contributed by atoms with Crippen LogP contribution in [0.2, 0.25) is 0 Å². The maximum Gasteiger partial charge on any atom is 0.185 e. The Hall–Kier alpha value is -1.35. The highest BCUT2D eigenvalue weighted by Crippen LogP contribution is 2.28. The van der Waals surface area contributed by atoms with Gasteiger partial charge in [0.05, 0.1) is 5.69 Å². The minimum absolute atomic E-state index is 1.13. The molecule has 0 aliphatic carbocycles. The molecule has 0 aliphatic heterocycles. The average Bonchev–Trinajstić information content (AvgIpc) is 3.36. The van der Waals surface area contributed by atoms with Crippen LogP contribution in [0.15, 0.2) is 29.6 Å². The number of aromatic nitrogens is 1. The van der Waals surface area contributed by atoms with Crippen molar-refractivity contribution in [3.8, 4) is 11.3 Å². The van der Waals surface area contributed by atoms with E-state index in [4.69, 9.17) is 4.98 Å². The Morgan fingerprint density at radius 1 is 0.600 bits per heavy atom. The summed E-state index contributed by atoms with van der Waals surface area (Å²) in [5.74, 6) is 0. The van der Waals surface area contributed by atoms with Crippen LogP contribution in [0.1, 0.15) is 135 Å². The molecule has 2 aromatic rings. The molecule has 0 amide bonds. The number of hydrogen-bond acceptors (Lipinski definition) is 3. The van der Waals surface area contributed by atoms with E-state index in [1.54, 1.807) is 0 Å². The zero-order valence-corrected chi connectivity index (χ0v) is 24.1. The number of hydrogen-bond donors (Lipinski definition) is 0. The molecule has 0 saturated carbocycles. The molecular weight excluding hydrogens is 444 g/mol. The molecule has 0 atom stereocenters. The van der Waals surface area contributed by atoms with Crippen LogP contribution in [-0.2, 0) is 0 Å².